The predicted octanol–water partition coefficient (Wildman–Crippen LogP) is 1.57. The molecule has 1 unspecified atom stereocenters. The first-order chi connectivity index (χ1) is 3.37. The van der Waals surface area contributed by atoms with Crippen LogP contribution in [0.3, 0.4) is 0 Å². The average Bonchev–Trinajstić information content (AvgIpc) is 2.52. The summed E-state index contributed by atoms with van der Waals surface area (Å²) >= 11 is 0. The molecule has 0 heterocycles. The number of hydrogen-bond donors (Lipinski definition) is 1. The molecule has 0 bridgehead atoms. The van der Waals surface area contributed by atoms with Gasteiger partial charge in [0.25, 0.3) is 0 Å². The van der Waals surface area contributed by atoms with Gasteiger partial charge in [-0.15, -0.1) is 0 Å². The van der Waals surface area contributed by atoms with E-state index >= 15 is 0 Å². The number of nitrogens with one attached hydrogen (secondary N) is 1. The maximum atomic E-state index is 6.64. The molecule has 2 fully saturated rings. The van der Waals surface area contributed by atoms with Crippen LogP contribution in [0.5, 0.6) is 0 Å². The Labute approximate surface area is 42.4 Å². The molecule has 2 aliphatic rings. The minimum atomic E-state index is 0.451. The van der Waals surface area contributed by atoms with E-state index in [4.69, 9.17) is 5.53 Å². The lowest BCUT2D eigenvalue weighted by atomic mass is 10.4. The van der Waals surface area contributed by atoms with E-state index in [-0.39, 0.29) is 0 Å². The van der Waals surface area contributed by atoms with Crippen molar-refractivity contribution in [3.05, 3.63) is 0 Å². The molecular weight excluding hydrogens is 88.1 g/mol. The van der Waals surface area contributed by atoms with Crippen LogP contribution in [0.4, 0.5) is 0 Å². The highest BCUT2D eigenvalue weighted by atomic mass is 15.1. The summed E-state index contributed by atoms with van der Waals surface area (Å²) in [6, 6.07) is 0.451. The Balaban J connectivity index is 2.09. The largest absolute Gasteiger partial charge is 0.210 e. The molecule has 1 atom stereocenters. The van der Waals surface area contributed by atoms with Gasteiger partial charge in [0.1, 0.15) is 0 Å². The highest BCUT2D eigenvalue weighted by Crippen LogP contribution is 2.67. The van der Waals surface area contributed by atoms with Crippen molar-refractivity contribution in [3.63, 3.8) is 0 Å². The zero-order chi connectivity index (χ0) is 4.91. The fraction of sp³-hybridized carbons (Fsp3) is 1.00. The Kier molecular flexibility index (Phi) is 0.382. The Morgan fingerprint density at radius 1 is 1.57 bits per heavy atom. The second kappa shape index (κ2) is 0.746. The van der Waals surface area contributed by atoms with E-state index in [1.807, 2.05) is 0 Å². The molecule has 0 aliphatic heterocycles. The van der Waals surface area contributed by atoms with Gasteiger partial charge in [0, 0.05) is 0 Å². The lowest BCUT2D eigenvalue weighted by Gasteiger charge is -1.74. The van der Waals surface area contributed by atoms with E-state index in [0.717, 1.165) is 0 Å². The molecule has 0 aromatic rings. The number of rotatable bonds is 1. The minimum absolute atomic E-state index is 0.451. The standard InChI is InChI=1S/C5H8N2/c6-7-4-3-5(4)1-2-5/h4,6H,1-3H2. The summed E-state index contributed by atoms with van der Waals surface area (Å²) in [4.78, 5) is 0. The van der Waals surface area contributed by atoms with Crippen LogP contribution in [0.15, 0.2) is 5.11 Å². The van der Waals surface area contributed by atoms with Crippen LogP contribution >= 0.6 is 0 Å². The van der Waals surface area contributed by atoms with E-state index in [0.29, 0.717) is 11.5 Å². The van der Waals surface area contributed by atoms with Gasteiger partial charge in [0.15, 0.2) is 0 Å². The van der Waals surface area contributed by atoms with E-state index in [1.165, 1.54) is 19.3 Å². The van der Waals surface area contributed by atoms with Crippen LogP contribution in [-0.2, 0) is 0 Å². The molecule has 0 aromatic carbocycles. The van der Waals surface area contributed by atoms with Crippen molar-refractivity contribution in [2.75, 3.05) is 0 Å². The fourth-order valence-corrected chi connectivity index (χ4v) is 1.21. The molecule has 2 heteroatoms. The molecule has 2 rings (SSSR count). The average molecular weight is 96.1 g/mol. The Morgan fingerprint density at radius 2 is 2.29 bits per heavy atom. The van der Waals surface area contributed by atoms with Crippen LogP contribution in [0.2, 0.25) is 0 Å². The zero-order valence-corrected chi connectivity index (χ0v) is 4.15. The van der Waals surface area contributed by atoms with Gasteiger partial charge in [-0.1, -0.05) is 0 Å². The van der Waals surface area contributed by atoms with Crippen LogP contribution in [0.25, 0.3) is 0 Å². The summed E-state index contributed by atoms with van der Waals surface area (Å²) in [5, 5.41) is 3.47. The van der Waals surface area contributed by atoms with Crippen molar-refractivity contribution < 1.29 is 0 Å². The van der Waals surface area contributed by atoms with Crippen LogP contribution in [0.1, 0.15) is 19.3 Å². The first-order valence-electron chi connectivity index (χ1n) is 2.74. The second-order valence-electron chi connectivity index (χ2n) is 2.71. The lowest BCUT2D eigenvalue weighted by Crippen LogP contribution is -1.75. The third-order valence-corrected chi connectivity index (χ3v) is 2.19. The molecule has 0 saturated heterocycles. The van der Waals surface area contributed by atoms with Gasteiger partial charge in [0.2, 0.25) is 0 Å². The van der Waals surface area contributed by atoms with E-state index < -0.39 is 0 Å². The lowest BCUT2D eigenvalue weighted by molar-refractivity contribution is 0.773. The first-order valence-corrected chi connectivity index (χ1v) is 2.74. The summed E-state index contributed by atoms with van der Waals surface area (Å²) in [5.41, 5.74) is 7.25. The Morgan fingerprint density at radius 3 is 2.43 bits per heavy atom. The summed E-state index contributed by atoms with van der Waals surface area (Å²) in [6.45, 7) is 0. The smallest absolute Gasteiger partial charge is 0.0768 e. The predicted molar refractivity (Wildman–Crippen MR) is 25.2 cm³/mol. The molecule has 0 amide bonds. The normalized spacial score (nSPS) is 40.9. The van der Waals surface area contributed by atoms with Crippen molar-refractivity contribution in [2.45, 2.75) is 25.3 Å². The number of hydrogen-bond acceptors (Lipinski definition) is 2. The Hall–Kier alpha value is -0.400. The van der Waals surface area contributed by atoms with Crippen molar-refractivity contribution in [1.82, 2.24) is 0 Å². The third-order valence-electron chi connectivity index (χ3n) is 2.19. The van der Waals surface area contributed by atoms with Gasteiger partial charge in [0.05, 0.1) is 6.04 Å². The molecule has 1 N–H and O–H groups in total. The maximum Gasteiger partial charge on any atom is 0.0768 e. The highest BCUT2D eigenvalue weighted by molar-refractivity contribution is 5.16. The molecular formula is C5H8N2. The quantitative estimate of drug-likeness (QED) is 0.481. The van der Waals surface area contributed by atoms with Gasteiger partial charge < -0.3 is 0 Å². The first kappa shape index (κ1) is 3.58. The van der Waals surface area contributed by atoms with Crippen LogP contribution in [0, 0.1) is 10.9 Å². The molecule has 1 spiro atoms. The van der Waals surface area contributed by atoms with Crippen LogP contribution in [-0.4, -0.2) is 6.04 Å². The maximum absolute atomic E-state index is 6.64. The minimum Gasteiger partial charge on any atom is -0.210 e. The zero-order valence-electron chi connectivity index (χ0n) is 4.15. The molecule has 0 aromatic heterocycles. The Bertz CT molecular complexity index is 115. The van der Waals surface area contributed by atoms with Crippen molar-refractivity contribution in [3.8, 4) is 0 Å². The monoisotopic (exact) mass is 96.1 g/mol. The fourth-order valence-electron chi connectivity index (χ4n) is 1.21. The molecule has 2 saturated carbocycles. The summed E-state index contributed by atoms with van der Waals surface area (Å²) < 4.78 is 0. The summed E-state index contributed by atoms with van der Waals surface area (Å²) in [6.07, 6.45) is 3.91. The summed E-state index contributed by atoms with van der Waals surface area (Å²) in [5.74, 6) is 0. The SMILES string of the molecule is N=NC1CC12CC2. The van der Waals surface area contributed by atoms with Crippen molar-refractivity contribution >= 4 is 0 Å². The van der Waals surface area contributed by atoms with Gasteiger partial charge in [-0.05, 0) is 24.7 Å². The van der Waals surface area contributed by atoms with Crippen LogP contribution < -0.4 is 0 Å². The van der Waals surface area contributed by atoms with E-state index in [1.54, 1.807) is 0 Å². The van der Waals surface area contributed by atoms with Crippen molar-refractivity contribution in [1.29, 1.82) is 5.53 Å². The molecule has 7 heavy (non-hydrogen) atoms. The van der Waals surface area contributed by atoms with E-state index in [2.05, 4.69) is 5.11 Å². The molecule has 2 aliphatic carbocycles. The number of nitrogens with zero attached hydrogens (tertiary/aromatic N) is 1. The molecule has 2 nitrogen and oxygen atoms in total. The molecule has 0 radical (unpaired) electrons. The second-order valence-corrected chi connectivity index (χ2v) is 2.71. The van der Waals surface area contributed by atoms with E-state index in [9.17, 15) is 0 Å². The van der Waals surface area contributed by atoms with Gasteiger partial charge in [-0.3, -0.25) is 0 Å². The molecule has 38 valence electrons. The van der Waals surface area contributed by atoms with Gasteiger partial charge >= 0.3 is 0 Å². The van der Waals surface area contributed by atoms with Crippen molar-refractivity contribution in [2.24, 2.45) is 10.5 Å². The topological polar surface area (TPSA) is 36.2 Å². The van der Waals surface area contributed by atoms with Gasteiger partial charge in [-0.2, -0.15) is 5.11 Å². The highest BCUT2D eigenvalue weighted by Gasteiger charge is 2.63. The van der Waals surface area contributed by atoms with Gasteiger partial charge in [-0.25, -0.2) is 5.53 Å². The summed E-state index contributed by atoms with van der Waals surface area (Å²) in [7, 11) is 0. The third kappa shape index (κ3) is 0.298.